The molecule has 4 heteroatoms. The Morgan fingerprint density at radius 1 is 1.50 bits per heavy atom. The van der Waals surface area contributed by atoms with Crippen LogP contribution < -0.4 is 0 Å². The van der Waals surface area contributed by atoms with Crippen LogP contribution in [0, 0.1) is 11.3 Å². The Bertz CT molecular complexity index is 215. The fraction of sp³-hybridized carbons (Fsp3) is 0.875. The van der Waals surface area contributed by atoms with Crippen LogP contribution in [-0.4, -0.2) is 15.4 Å². The largest absolute Gasteiger partial charge is 0.481 e. The minimum absolute atomic E-state index is 0.101. The molecule has 0 aliphatic heterocycles. The van der Waals surface area contributed by atoms with Crippen molar-refractivity contribution in [3.63, 3.8) is 0 Å². The molecule has 1 aliphatic rings. The van der Waals surface area contributed by atoms with Crippen LogP contribution in [0.5, 0.6) is 0 Å². The summed E-state index contributed by atoms with van der Waals surface area (Å²) in [7, 11) is 0. The number of carboxylic acid groups (broad SMARTS) is 1. The number of aliphatic carboxylic acids is 1. The van der Waals surface area contributed by atoms with Crippen LogP contribution in [0.2, 0.25) is 0 Å². The van der Waals surface area contributed by atoms with Crippen molar-refractivity contribution in [2.75, 3.05) is 0 Å². The van der Waals surface area contributed by atoms with E-state index in [1.54, 1.807) is 0 Å². The van der Waals surface area contributed by atoms with Crippen LogP contribution >= 0.6 is 23.2 Å². The van der Waals surface area contributed by atoms with Crippen molar-refractivity contribution in [3.8, 4) is 0 Å². The summed E-state index contributed by atoms with van der Waals surface area (Å²) in [5.74, 6) is -0.974. The van der Waals surface area contributed by atoms with Crippen LogP contribution in [0.1, 0.15) is 26.7 Å². The van der Waals surface area contributed by atoms with Gasteiger partial charge in [-0.05, 0) is 12.8 Å². The molecule has 0 aromatic carbocycles. The molecule has 0 saturated heterocycles. The number of halogens is 2. The Kier molecular flexibility index (Phi) is 2.34. The van der Waals surface area contributed by atoms with Gasteiger partial charge in [0.1, 0.15) is 9.75 Å². The third-order valence-electron chi connectivity index (χ3n) is 2.89. The predicted molar refractivity (Wildman–Crippen MR) is 48.6 cm³/mol. The molecule has 0 spiro atoms. The van der Waals surface area contributed by atoms with Crippen molar-refractivity contribution in [2.24, 2.45) is 11.3 Å². The molecule has 0 aromatic rings. The number of rotatable bonds is 3. The lowest BCUT2D eigenvalue weighted by Gasteiger charge is -2.08. The first-order chi connectivity index (χ1) is 5.45. The average Bonchev–Trinajstić information content (AvgIpc) is 2.47. The topological polar surface area (TPSA) is 37.3 Å². The van der Waals surface area contributed by atoms with Crippen LogP contribution in [0.4, 0.5) is 0 Å². The van der Waals surface area contributed by atoms with Crippen molar-refractivity contribution in [2.45, 2.75) is 31.0 Å². The summed E-state index contributed by atoms with van der Waals surface area (Å²) < 4.78 is -1.05. The lowest BCUT2D eigenvalue weighted by atomic mass is 10.00. The molecule has 0 amide bonds. The number of hydrogen-bond donors (Lipinski definition) is 1. The van der Waals surface area contributed by atoms with Gasteiger partial charge in [0.15, 0.2) is 0 Å². The summed E-state index contributed by atoms with van der Waals surface area (Å²) >= 11 is 11.8. The highest BCUT2D eigenvalue weighted by Crippen LogP contribution is 2.72. The van der Waals surface area contributed by atoms with Gasteiger partial charge in [-0.1, -0.05) is 13.8 Å². The Hall–Kier alpha value is 0.0500. The molecule has 2 nitrogen and oxygen atoms in total. The van der Waals surface area contributed by atoms with Gasteiger partial charge in [0, 0.05) is 5.92 Å². The summed E-state index contributed by atoms with van der Waals surface area (Å²) in [6.45, 7) is 3.72. The van der Waals surface area contributed by atoms with E-state index in [4.69, 9.17) is 28.3 Å². The summed E-state index contributed by atoms with van der Waals surface area (Å²) in [4.78, 5) is 10.9. The third-order valence-corrected chi connectivity index (χ3v) is 4.09. The Labute approximate surface area is 81.9 Å². The molecule has 0 radical (unpaired) electrons. The quantitative estimate of drug-likeness (QED) is 0.728. The molecular weight excluding hydrogens is 199 g/mol. The summed E-state index contributed by atoms with van der Waals surface area (Å²) in [6, 6.07) is 0. The Morgan fingerprint density at radius 3 is 2.08 bits per heavy atom. The molecule has 2 atom stereocenters. The Morgan fingerprint density at radius 2 is 2.00 bits per heavy atom. The van der Waals surface area contributed by atoms with Crippen molar-refractivity contribution in [3.05, 3.63) is 0 Å². The second-order valence-electron chi connectivity index (χ2n) is 3.21. The standard InChI is InChI=1S/C8H12Cl2O2/c1-3-5-7(4-2,6(11)12)8(5,9)10/h5H,3-4H2,1-2H3,(H,11,12)/t5-,7+/m1/s1. The summed E-state index contributed by atoms with van der Waals surface area (Å²) in [6.07, 6.45) is 1.21. The number of hydrogen-bond acceptors (Lipinski definition) is 1. The normalized spacial score (nSPS) is 37.8. The fourth-order valence-electron chi connectivity index (χ4n) is 2.06. The maximum absolute atomic E-state index is 10.9. The summed E-state index contributed by atoms with van der Waals surface area (Å²) in [5, 5.41) is 8.97. The highest BCUT2D eigenvalue weighted by atomic mass is 35.5. The highest BCUT2D eigenvalue weighted by molar-refractivity contribution is 6.53. The van der Waals surface area contributed by atoms with Crippen molar-refractivity contribution < 1.29 is 9.90 Å². The van der Waals surface area contributed by atoms with Crippen LogP contribution in [0.3, 0.4) is 0 Å². The molecule has 1 fully saturated rings. The SMILES string of the molecule is CC[C@H]1C(Cl)(Cl)[C@]1(CC)C(=O)O. The lowest BCUT2D eigenvalue weighted by molar-refractivity contribution is -0.144. The molecule has 0 bridgehead atoms. The van der Waals surface area contributed by atoms with Gasteiger partial charge >= 0.3 is 5.97 Å². The van der Waals surface area contributed by atoms with E-state index in [1.165, 1.54) is 0 Å². The zero-order chi connectivity index (χ0) is 9.57. The van der Waals surface area contributed by atoms with E-state index >= 15 is 0 Å². The van der Waals surface area contributed by atoms with Gasteiger partial charge in [-0.15, -0.1) is 23.2 Å². The molecule has 1 aliphatic carbocycles. The van der Waals surface area contributed by atoms with Gasteiger partial charge in [0.05, 0.1) is 0 Å². The summed E-state index contributed by atoms with van der Waals surface area (Å²) in [5.41, 5.74) is -0.898. The monoisotopic (exact) mass is 210 g/mol. The van der Waals surface area contributed by atoms with E-state index < -0.39 is 15.7 Å². The maximum Gasteiger partial charge on any atom is 0.313 e. The van der Waals surface area contributed by atoms with E-state index in [2.05, 4.69) is 0 Å². The van der Waals surface area contributed by atoms with Gasteiger partial charge in [-0.3, -0.25) is 4.79 Å². The molecule has 1 saturated carbocycles. The van der Waals surface area contributed by atoms with Gasteiger partial charge in [0.25, 0.3) is 0 Å². The average molecular weight is 211 g/mol. The van der Waals surface area contributed by atoms with E-state index in [9.17, 15) is 4.79 Å². The van der Waals surface area contributed by atoms with Crippen molar-refractivity contribution >= 4 is 29.2 Å². The molecule has 0 unspecified atom stereocenters. The molecule has 1 rings (SSSR count). The predicted octanol–water partition coefficient (Wildman–Crippen LogP) is 2.68. The second-order valence-corrected chi connectivity index (χ2v) is 4.60. The minimum atomic E-state index is -1.05. The first-order valence-electron chi connectivity index (χ1n) is 4.06. The molecule has 0 aromatic heterocycles. The zero-order valence-corrected chi connectivity index (χ0v) is 8.61. The first kappa shape index (κ1) is 10.1. The van der Waals surface area contributed by atoms with Crippen molar-refractivity contribution in [1.29, 1.82) is 0 Å². The fourth-order valence-corrected chi connectivity index (χ4v) is 3.33. The van der Waals surface area contributed by atoms with Crippen LogP contribution in [0.25, 0.3) is 0 Å². The molecule has 12 heavy (non-hydrogen) atoms. The van der Waals surface area contributed by atoms with E-state index in [1.807, 2.05) is 13.8 Å². The van der Waals surface area contributed by atoms with E-state index in [-0.39, 0.29) is 5.92 Å². The van der Waals surface area contributed by atoms with Crippen molar-refractivity contribution in [1.82, 2.24) is 0 Å². The molecule has 0 heterocycles. The van der Waals surface area contributed by atoms with Crippen LogP contribution in [0.15, 0.2) is 0 Å². The smallest absolute Gasteiger partial charge is 0.313 e. The first-order valence-corrected chi connectivity index (χ1v) is 4.81. The zero-order valence-electron chi connectivity index (χ0n) is 7.10. The molecular formula is C8H12Cl2O2. The van der Waals surface area contributed by atoms with E-state index in [0.29, 0.717) is 12.8 Å². The van der Waals surface area contributed by atoms with Gasteiger partial charge < -0.3 is 5.11 Å². The van der Waals surface area contributed by atoms with E-state index in [0.717, 1.165) is 0 Å². The third kappa shape index (κ3) is 0.912. The molecule has 1 N–H and O–H groups in total. The Balaban J connectivity index is 2.93. The van der Waals surface area contributed by atoms with Gasteiger partial charge in [-0.2, -0.15) is 0 Å². The lowest BCUT2D eigenvalue weighted by Crippen LogP contribution is -2.20. The highest BCUT2D eigenvalue weighted by Gasteiger charge is 2.78. The van der Waals surface area contributed by atoms with Gasteiger partial charge in [-0.25, -0.2) is 0 Å². The number of carboxylic acids is 1. The number of carbonyl (C=O) groups is 1. The maximum atomic E-state index is 10.9. The minimum Gasteiger partial charge on any atom is -0.481 e. The van der Waals surface area contributed by atoms with Crippen LogP contribution in [-0.2, 0) is 4.79 Å². The number of alkyl halides is 2. The molecule has 70 valence electrons. The second kappa shape index (κ2) is 2.78. The van der Waals surface area contributed by atoms with Gasteiger partial charge in [0.2, 0.25) is 0 Å².